The number of amides is 1. The average molecular weight is 479 g/mol. The van der Waals surface area contributed by atoms with E-state index in [1.54, 1.807) is 4.57 Å². The van der Waals surface area contributed by atoms with E-state index >= 15 is 0 Å². The highest BCUT2D eigenvalue weighted by Crippen LogP contribution is 2.35. The molecule has 0 bridgehead atoms. The molecular formula is C29H26N4O3. The molecule has 6 rings (SSSR count). The maximum atomic E-state index is 12.9. The molecule has 36 heavy (non-hydrogen) atoms. The lowest BCUT2D eigenvalue weighted by molar-refractivity contribution is -0.131. The highest BCUT2D eigenvalue weighted by Gasteiger charge is 2.38. The van der Waals surface area contributed by atoms with E-state index in [9.17, 15) is 14.4 Å². The molecule has 1 atom stereocenters. The number of nitrogens with zero attached hydrogens (tertiary/aromatic N) is 3. The van der Waals surface area contributed by atoms with Gasteiger partial charge in [-0.3, -0.25) is 9.59 Å². The van der Waals surface area contributed by atoms with Crippen molar-refractivity contribution in [3.8, 4) is 16.8 Å². The number of rotatable bonds is 6. The summed E-state index contributed by atoms with van der Waals surface area (Å²) >= 11 is 0. The van der Waals surface area contributed by atoms with E-state index in [1.165, 1.54) is 0 Å². The third-order valence-corrected chi connectivity index (χ3v) is 7.11. The normalized spacial score (nSPS) is 17.3. The van der Waals surface area contributed by atoms with Gasteiger partial charge in [-0.05, 0) is 48.6 Å². The Kier molecular flexibility index (Phi) is 5.60. The SMILES string of the molecule is O=C(c1ccccc1)c1cccc(-c2ccc(-n3c(C4CCN(C(=O)C5CC5)C4)n[nH]c3=O)cc2)c1. The first kappa shape index (κ1) is 22.2. The van der Waals surface area contributed by atoms with Crippen LogP contribution in [0.25, 0.3) is 16.8 Å². The van der Waals surface area contributed by atoms with E-state index in [4.69, 9.17) is 0 Å². The fourth-order valence-electron chi connectivity index (χ4n) is 4.99. The molecule has 1 amide bonds. The summed E-state index contributed by atoms with van der Waals surface area (Å²) in [5, 5.41) is 6.91. The van der Waals surface area contributed by atoms with Crippen molar-refractivity contribution < 1.29 is 9.59 Å². The second-order valence-corrected chi connectivity index (χ2v) is 9.59. The molecule has 4 aromatic rings. The van der Waals surface area contributed by atoms with Crippen LogP contribution in [0.15, 0.2) is 83.7 Å². The summed E-state index contributed by atoms with van der Waals surface area (Å²) in [6, 6.07) is 24.5. The minimum atomic E-state index is -0.292. The molecule has 2 aliphatic rings. The first-order valence-corrected chi connectivity index (χ1v) is 12.4. The van der Waals surface area contributed by atoms with Gasteiger partial charge in [0.05, 0.1) is 5.69 Å². The molecule has 1 saturated carbocycles. The molecule has 1 saturated heterocycles. The number of hydrogen-bond acceptors (Lipinski definition) is 4. The van der Waals surface area contributed by atoms with Crippen LogP contribution in [0.2, 0.25) is 0 Å². The van der Waals surface area contributed by atoms with Crippen molar-refractivity contribution in [1.29, 1.82) is 0 Å². The van der Waals surface area contributed by atoms with Gasteiger partial charge in [0.1, 0.15) is 5.82 Å². The Morgan fingerprint density at radius 2 is 1.58 bits per heavy atom. The molecule has 1 aliphatic carbocycles. The molecule has 1 N–H and O–H groups in total. The summed E-state index contributed by atoms with van der Waals surface area (Å²) in [7, 11) is 0. The fraction of sp³-hybridized carbons (Fsp3) is 0.241. The van der Waals surface area contributed by atoms with E-state index < -0.39 is 0 Å². The van der Waals surface area contributed by atoms with Crippen molar-refractivity contribution in [3.05, 3.63) is 106 Å². The van der Waals surface area contributed by atoms with Crippen molar-refractivity contribution in [2.75, 3.05) is 13.1 Å². The van der Waals surface area contributed by atoms with E-state index in [0.29, 0.717) is 30.0 Å². The van der Waals surface area contributed by atoms with Gasteiger partial charge in [0.15, 0.2) is 5.78 Å². The Bertz CT molecular complexity index is 1480. The molecule has 2 fully saturated rings. The lowest BCUT2D eigenvalue weighted by Crippen LogP contribution is -2.30. The maximum Gasteiger partial charge on any atom is 0.347 e. The molecule has 7 nitrogen and oxygen atoms in total. The molecule has 3 aromatic carbocycles. The van der Waals surface area contributed by atoms with Crippen molar-refractivity contribution in [1.82, 2.24) is 19.7 Å². The van der Waals surface area contributed by atoms with Gasteiger partial charge in [0.25, 0.3) is 0 Å². The number of aromatic nitrogens is 3. The number of benzene rings is 3. The molecule has 2 heterocycles. The number of nitrogens with one attached hydrogen (secondary N) is 1. The van der Waals surface area contributed by atoms with Crippen LogP contribution in [0, 0.1) is 5.92 Å². The quantitative estimate of drug-likeness (QED) is 0.421. The summed E-state index contributed by atoms with van der Waals surface area (Å²) in [6.45, 7) is 1.30. The van der Waals surface area contributed by atoms with Gasteiger partial charge in [-0.1, -0.05) is 60.7 Å². The number of ketones is 1. The number of hydrogen-bond donors (Lipinski definition) is 1. The smallest absolute Gasteiger partial charge is 0.342 e. The van der Waals surface area contributed by atoms with E-state index in [1.807, 2.05) is 83.8 Å². The molecule has 1 unspecified atom stereocenters. The third-order valence-electron chi connectivity index (χ3n) is 7.11. The first-order chi connectivity index (χ1) is 17.6. The van der Waals surface area contributed by atoms with Crippen LogP contribution in [0.3, 0.4) is 0 Å². The van der Waals surface area contributed by atoms with Gasteiger partial charge in [0, 0.05) is 36.1 Å². The topological polar surface area (TPSA) is 88.1 Å². The monoisotopic (exact) mass is 478 g/mol. The number of likely N-dealkylation sites (tertiary alicyclic amines) is 1. The predicted octanol–water partition coefficient (Wildman–Crippen LogP) is 4.18. The largest absolute Gasteiger partial charge is 0.347 e. The summed E-state index contributed by atoms with van der Waals surface area (Å²) in [5.74, 6) is 1.09. The molecule has 1 aromatic heterocycles. The van der Waals surface area contributed by atoms with Crippen LogP contribution in [0.5, 0.6) is 0 Å². The van der Waals surface area contributed by atoms with E-state index in [0.717, 1.165) is 36.1 Å². The lowest BCUT2D eigenvalue weighted by Gasteiger charge is -2.16. The zero-order valence-corrected chi connectivity index (χ0v) is 19.8. The molecule has 1 aliphatic heterocycles. The minimum Gasteiger partial charge on any atom is -0.342 e. The van der Waals surface area contributed by atoms with Crippen molar-refractivity contribution in [2.24, 2.45) is 5.92 Å². The first-order valence-electron chi connectivity index (χ1n) is 12.4. The predicted molar refractivity (Wildman–Crippen MR) is 136 cm³/mol. The highest BCUT2D eigenvalue weighted by atomic mass is 16.2. The minimum absolute atomic E-state index is 0.0190. The van der Waals surface area contributed by atoms with Gasteiger partial charge in [0.2, 0.25) is 5.91 Å². The second kappa shape index (κ2) is 9.07. The zero-order valence-electron chi connectivity index (χ0n) is 19.8. The molecule has 7 heteroatoms. The number of H-pyrrole nitrogens is 1. The third kappa shape index (κ3) is 4.17. The Hall–Kier alpha value is -4.26. The van der Waals surface area contributed by atoms with Gasteiger partial charge in [-0.2, -0.15) is 5.10 Å². The molecule has 180 valence electrons. The second-order valence-electron chi connectivity index (χ2n) is 9.59. The molecular weight excluding hydrogens is 452 g/mol. The van der Waals surface area contributed by atoms with Crippen LogP contribution in [-0.2, 0) is 4.79 Å². The van der Waals surface area contributed by atoms with Crippen LogP contribution >= 0.6 is 0 Å². The van der Waals surface area contributed by atoms with E-state index in [2.05, 4.69) is 10.2 Å². The summed E-state index contributed by atoms with van der Waals surface area (Å²) in [4.78, 5) is 39.9. The standard InChI is InChI=1S/C29H26N4O3/c34-26(20-5-2-1-3-6-20)23-8-4-7-22(17-23)19-11-13-25(14-12-19)33-27(30-31-29(33)36)24-15-16-32(18-24)28(35)21-9-10-21/h1-8,11-14,17,21,24H,9-10,15-16,18H2,(H,31,36). The average Bonchev–Trinajstić information content (AvgIpc) is 3.54. The van der Waals surface area contributed by atoms with Crippen molar-refractivity contribution >= 4 is 11.7 Å². The van der Waals surface area contributed by atoms with Crippen LogP contribution in [0.1, 0.15) is 46.9 Å². The van der Waals surface area contributed by atoms with Crippen LogP contribution in [-0.4, -0.2) is 44.4 Å². The van der Waals surface area contributed by atoms with Crippen molar-refractivity contribution in [2.45, 2.75) is 25.2 Å². The summed E-state index contributed by atoms with van der Waals surface area (Å²) < 4.78 is 1.61. The molecule has 0 radical (unpaired) electrons. The summed E-state index contributed by atoms with van der Waals surface area (Å²) in [5.41, 5.74) is 3.58. The van der Waals surface area contributed by atoms with Gasteiger partial charge in [-0.15, -0.1) is 0 Å². The Morgan fingerprint density at radius 1 is 0.833 bits per heavy atom. The molecule has 0 spiro atoms. The van der Waals surface area contributed by atoms with Crippen LogP contribution < -0.4 is 5.69 Å². The van der Waals surface area contributed by atoms with E-state index in [-0.39, 0.29) is 29.2 Å². The Morgan fingerprint density at radius 3 is 2.33 bits per heavy atom. The highest BCUT2D eigenvalue weighted by molar-refractivity contribution is 6.09. The Balaban J connectivity index is 1.24. The van der Waals surface area contributed by atoms with Crippen molar-refractivity contribution in [3.63, 3.8) is 0 Å². The number of aromatic amines is 1. The zero-order chi connectivity index (χ0) is 24.6. The van der Waals surface area contributed by atoms with Gasteiger partial charge < -0.3 is 4.90 Å². The summed E-state index contributed by atoms with van der Waals surface area (Å²) in [6.07, 6.45) is 2.77. The van der Waals surface area contributed by atoms with Gasteiger partial charge >= 0.3 is 5.69 Å². The lowest BCUT2D eigenvalue weighted by atomic mass is 9.98. The number of carbonyl (C=O) groups excluding carboxylic acids is 2. The number of carbonyl (C=O) groups is 2. The van der Waals surface area contributed by atoms with Crippen LogP contribution in [0.4, 0.5) is 0 Å². The fourth-order valence-corrected chi connectivity index (χ4v) is 4.99. The van der Waals surface area contributed by atoms with Gasteiger partial charge in [-0.25, -0.2) is 14.5 Å². The Labute approximate surface area is 208 Å². The maximum absolute atomic E-state index is 12.9.